The standard InChI is InChI=1S/C15H32N4O2S/c1-12(2)19(13(3)4)9-6-8-17-15(16-5)18-14-7-10-22(20,21)11-14/h12-14H,6-11H2,1-5H3,(H2,16,17,18). The van der Waals surface area contributed by atoms with E-state index >= 15 is 0 Å². The van der Waals surface area contributed by atoms with Gasteiger partial charge in [0.05, 0.1) is 11.5 Å². The largest absolute Gasteiger partial charge is 0.356 e. The zero-order chi connectivity index (χ0) is 16.8. The van der Waals surface area contributed by atoms with Gasteiger partial charge in [0.15, 0.2) is 15.8 Å². The average Bonchev–Trinajstić information content (AvgIpc) is 2.75. The van der Waals surface area contributed by atoms with Crippen molar-refractivity contribution in [3.63, 3.8) is 0 Å². The minimum atomic E-state index is -2.86. The van der Waals surface area contributed by atoms with Gasteiger partial charge in [-0.3, -0.25) is 9.89 Å². The molecule has 0 aliphatic carbocycles. The van der Waals surface area contributed by atoms with Crippen molar-refractivity contribution in [1.82, 2.24) is 15.5 Å². The molecule has 0 aromatic heterocycles. The maximum Gasteiger partial charge on any atom is 0.191 e. The number of sulfone groups is 1. The molecular weight excluding hydrogens is 300 g/mol. The molecule has 0 radical (unpaired) electrons. The number of hydrogen-bond acceptors (Lipinski definition) is 4. The van der Waals surface area contributed by atoms with Crippen molar-refractivity contribution in [3.05, 3.63) is 0 Å². The molecule has 0 spiro atoms. The second-order valence-electron chi connectivity index (χ2n) is 6.52. The molecule has 1 fully saturated rings. The Morgan fingerprint density at radius 3 is 2.36 bits per heavy atom. The Labute approximate surface area is 135 Å². The van der Waals surface area contributed by atoms with Crippen LogP contribution < -0.4 is 10.6 Å². The van der Waals surface area contributed by atoms with Crippen LogP contribution in [0, 0.1) is 0 Å². The first-order chi connectivity index (χ1) is 10.2. The van der Waals surface area contributed by atoms with E-state index in [-0.39, 0.29) is 17.5 Å². The van der Waals surface area contributed by atoms with E-state index in [4.69, 9.17) is 0 Å². The first kappa shape index (κ1) is 19.2. The lowest BCUT2D eigenvalue weighted by molar-refractivity contribution is 0.173. The predicted molar refractivity (Wildman–Crippen MR) is 93.2 cm³/mol. The van der Waals surface area contributed by atoms with E-state index in [9.17, 15) is 8.42 Å². The van der Waals surface area contributed by atoms with Crippen LogP contribution in [-0.2, 0) is 9.84 Å². The van der Waals surface area contributed by atoms with E-state index in [1.807, 2.05) is 0 Å². The van der Waals surface area contributed by atoms with Crippen molar-refractivity contribution in [3.8, 4) is 0 Å². The molecule has 1 aliphatic rings. The van der Waals surface area contributed by atoms with Crippen LogP contribution in [0.1, 0.15) is 40.5 Å². The van der Waals surface area contributed by atoms with Crippen LogP contribution in [0.4, 0.5) is 0 Å². The monoisotopic (exact) mass is 332 g/mol. The molecular formula is C15H32N4O2S. The number of guanidine groups is 1. The van der Waals surface area contributed by atoms with Gasteiger partial charge >= 0.3 is 0 Å². The fourth-order valence-corrected chi connectivity index (χ4v) is 4.55. The molecule has 1 saturated heterocycles. The minimum absolute atomic E-state index is 0.0148. The Morgan fingerprint density at radius 2 is 1.91 bits per heavy atom. The molecule has 1 unspecified atom stereocenters. The van der Waals surface area contributed by atoms with Crippen LogP contribution in [0.5, 0.6) is 0 Å². The van der Waals surface area contributed by atoms with Crippen LogP contribution in [0.15, 0.2) is 4.99 Å². The number of hydrogen-bond donors (Lipinski definition) is 2. The normalized spacial score (nSPS) is 21.8. The van der Waals surface area contributed by atoms with Crippen molar-refractivity contribution >= 4 is 15.8 Å². The summed E-state index contributed by atoms with van der Waals surface area (Å²) in [5, 5.41) is 6.48. The van der Waals surface area contributed by atoms with Crippen molar-refractivity contribution in [2.45, 2.75) is 58.7 Å². The van der Waals surface area contributed by atoms with Gasteiger partial charge in [-0.15, -0.1) is 0 Å². The highest BCUT2D eigenvalue weighted by molar-refractivity contribution is 7.91. The molecule has 2 N–H and O–H groups in total. The summed E-state index contributed by atoms with van der Waals surface area (Å²) in [5.74, 6) is 1.18. The molecule has 0 bridgehead atoms. The van der Waals surface area contributed by atoms with E-state index in [0.717, 1.165) is 19.5 Å². The van der Waals surface area contributed by atoms with Crippen molar-refractivity contribution in [1.29, 1.82) is 0 Å². The Balaban J connectivity index is 2.30. The fraction of sp³-hybridized carbons (Fsp3) is 0.933. The molecule has 0 aromatic carbocycles. The van der Waals surface area contributed by atoms with Crippen LogP contribution in [0.25, 0.3) is 0 Å². The van der Waals surface area contributed by atoms with Gasteiger partial charge in [0, 0.05) is 38.3 Å². The summed E-state index contributed by atoms with van der Waals surface area (Å²) in [4.78, 5) is 6.63. The lowest BCUT2D eigenvalue weighted by atomic mass is 10.2. The van der Waals surface area contributed by atoms with Crippen molar-refractivity contribution in [2.75, 3.05) is 31.6 Å². The Bertz CT molecular complexity index is 452. The molecule has 6 nitrogen and oxygen atoms in total. The van der Waals surface area contributed by atoms with Crippen LogP contribution in [-0.4, -0.2) is 69.0 Å². The third kappa shape index (κ3) is 6.52. The van der Waals surface area contributed by atoms with Crippen molar-refractivity contribution in [2.24, 2.45) is 4.99 Å². The number of nitrogens with one attached hydrogen (secondary N) is 2. The van der Waals surface area contributed by atoms with E-state index in [1.54, 1.807) is 7.05 Å². The second-order valence-corrected chi connectivity index (χ2v) is 8.75. The minimum Gasteiger partial charge on any atom is -0.356 e. The molecule has 0 saturated carbocycles. The van der Waals surface area contributed by atoms with E-state index in [2.05, 4.69) is 48.2 Å². The zero-order valence-electron chi connectivity index (χ0n) is 14.6. The number of aliphatic imine (C=N–C) groups is 1. The molecule has 1 heterocycles. The van der Waals surface area contributed by atoms with Gasteiger partial charge < -0.3 is 10.6 Å². The highest BCUT2D eigenvalue weighted by atomic mass is 32.2. The maximum absolute atomic E-state index is 11.5. The molecule has 1 aliphatic heterocycles. The zero-order valence-corrected chi connectivity index (χ0v) is 15.4. The van der Waals surface area contributed by atoms with Gasteiger partial charge in [-0.25, -0.2) is 8.42 Å². The lowest BCUT2D eigenvalue weighted by Gasteiger charge is -2.30. The Hall–Kier alpha value is -0.820. The second kappa shape index (κ2) is 8.72. The topological polar surface area (TPSA) is 73.8 Å². The SMILES string of the molecule is CN=C(NCCCN(C(C)C)C(C)C)NC1CCS(=O)(=O)C1. The van der Waals surface area contributed by atoms with E-state index in [1.165, 1.54) is 0 Å². The average molecular weight is 333 g/mol. The summed E-state index contributed by atoms with van der Waals surface area (Å²) in [7, 11) is -1.14. The summed E-state index contributed by atoms with van der Waals surface area (Å²) in [5.41, 5.74) is 0. The first-order valence-corrected chi connectivity index (χ1v) is 10.0. The van der Waals surface area contributed by atoms with Gasteiger partial charge in [0.25, 0.3) is 0 Å². The Kier molecular flexibility index (Phi) is 7.62. The van der Waals surface area contributed by atoms with Crippen LogP contribution in [0.2, 0.25) is 0 Å². The van der Waals surface area contributed by atoms with Crippen LogP contribution in [0.3, 0.4) is 0 Å². The maximum atomic E-state index is 11.5. The van der Waals surface area contributed by atoms with Crippen LogP contribution >= 0.6 is 0 Å². The quantitative estimate of drug-likeness (QED) is 0.411. The van der Waals surface area contributed by atoms with Crippen molar-refractivity contribution < 1.29 is 8.42 Å². The molecule has 0 amide bonds. The molecule has 0 aromatic rings. The molecule has 1 rings (SSSR count). The summed E-state index contributed by atoms with van der Waals surface area (Å²) in [6, 6.07) is 1.07. The van der Waals surface area contributed by atoms with E-state index in [0.29, 0.717) is 24.5 Å². The van der Waals surface area contributed by atoms with Gasteiger partial charge in [-0.2, -0.15) is 0 Å². The van der Waals surface area contributed by atoms with E-state index < -0.39 is 9.84 Å². The first-order valence-electron chi connectivity index (χ1n) is 8.18. The molecule has 22 heavy (non-hydrogen) atoms. The fourth-order valence-electron chi connectivity index (χ4n) is 2.88. The van der Waals surface area contributed by atoms with Gasteiger partial charge in [-0.1, -0.05) is 0 Å². The molecule has 1 atom stereocenters. The van der Waals surface area contributed by atoms with Gasteiger partial charge in [-0.05, 0) is 40.5 Å². The van der Waals surface area contributed by atoms with Gasteiger partial charge in [0.2, 0.25) is 0 Å². The highest BCUT2D eigenvalue weighted by Crippen LogP contribution is 2.11. The summed E-state index contributed by atoms with van der Waals surface area (Å²) >= 11 is 0. The molecule has 130 valence electrons. The van der Waals surface area contributed by atoms with Gasteiger partial charge in [0.1, 0.15) is 0 Å². The highest BCUT2D eigenvalue weighted by Gasteiger charge is 2.28. The third-order valence-electron chi connectivity index (χ3n) is 4.01. The summed E-state index contributed by atoms with van der Waals surface area (Å²) < 4.78 is 22.9. The summed E-state index contributed by atoms with van der Waals surface area (Å²) in [6.45, 7) is 10.7. The smallest absolute Gasteiger partial charge is 0.191 e. The summed E-state index contributed by atoms with van der Waals surface area (Å²) in [6.07, 6.45) is 1.69. The predicted octanol–water partition coefficient (Wildman–Crippen LogP) is 0.847. The number of nitrogens with zero attached hydrogens (tertiary/aromatic N) is 2. The third-order valence-corrected chi connectivity index (χ3v) is 5.78. The lowest BCUT2D eigenvalue weighted by Crippen LogP contribution is -2.45. The number of rotatable bonds is 7. The molecule has 7 heteroatoms. The Morgan fingerprint density at radius 1 is 1.27 bits per heavy atom.